The van der Waals surface area contributed by atoms with Crippen molar-refractivity contribution < 1.29 is 0 Å². The van der Waals surface area contributed by atoms with Crippen molar-refractivity contribution in [1.82, 2.24) is 4.90 Å². The van der Waals surface area contributed by atoms with Crippen molar-refractivity contribution in [3.63, 3.8) is 0 Å². The molecule has 1 fully saturated rings. The third kappa shape index (κ3) is 5.57. The number of nitrogens with zero attached hydrogens (tertiary/aromatic N) is 1. The first-order valence-electron chi connectivity index (χ1n) is 6.39. The zero-order chi connectivity index (χ0) is 11.2. The summed E-state index contributed by atoms with van der Waals surface area (Å²) in [6, 6.07) is 8.93. The normalized spacial score (nSPS) is 15.6. The molecular weight excluding hydrogens is 267 g/mol. The standard InChI is InChI=1S/C14H22N2.2ClH/c15-9-8-13-4-6-14(7-5-13)12-16-10-2-1-3-11-16;;/h4-7H,1-3,8-12,15H2;2*1H. The molecule has 0 radical (unpaired) electrons. The van der Waals surface area contributed by atoms with Gasteiger partial charge in [-0.15, -0.1) is 24.8 Å². The van der Waals surface area contributed by atoms with Gasteiger partial charge >= 0.3 is 0 Å². The van der Waals surface area contributed by atoms with Crippen LogP contribution in [0.5, 0.6) is 0 Å². The summed E-state index contributed by atoms with van der Waals surface area (Å²) < 4.78 is 0. The van der Waals surface area contributed by atoms with E-state index in [0.717, 1.165) is 19.5 Å². The number of likely N-dealkylation sites (tertiary alicyclic amines) is 1. The molecule has 0 aliphatic carbocycles. The fourth-order valence-electron chi connectivity index (χ4n) is 2.35. The number of hydrogen-bond donors (Lipinski definition) is 1. The van der Waals surface area contributed by atoms with Crippen molar-refractivity contribution in [2.45, 2.75) is 32.2 Å². The molecule has 2 rings (SSSR count). The monoisotopic (exact) mass is 290 g/mol. The molecule has 2 N–H and O–H groups in total. The average Bonchev–Trinajstić information content (AvgIpc) is 2.33. The van der Waals surface area contributed by atoms with Gasteiger partial charge in [0.25, 0.3) is 0 Å². The van der Waals surface area contributed by atoms with Crippen molar-refractivity contribution in [3.05, 3.63) is 35.4 Å². The maximum Gasteiger partial charge on any atom is 0.0233 e. The molecule has 104 valence electrons. The van der Waals surface area contributed by atoms with E-state index < -0.39 is 0 Å². The van der Waals surface area contributed by atoms with Gasteiger partial charge in [-0.05, 0) is 50.0 Å². The lowest BCUT2D eigenvalue weighted by Gasteiger charge is -2.26. The van der Waals surface area contributed by atoms with Gasteiger partial charge in [0, 0.05) is 6.54 Å². The second-order valence-electron chi connectivity index (χ2n) is 4.69. The number of rotatable bonds is 4. The van der Waals surface area contributed by atoms with E-state index in [0.29, 0.717) is 0 Å². The van der Waals surface area contributed by atoms with Gasteiger partial charge in [0.2, 0.25) is 0 Å². The van der Waals surface area contributed by atoms with Crippen LogP contribution in [0, 0.1) is 0 Å². The fraction of sp³-hybridized carbons (Fsp3) is 0.571. The van der Waals surface area contributed by atoms with Crippen LogP contribution in [0.1, 0.15) is 30.4 Å². The van der Waals surface area contributed by atoms with Gasteiger partial charge in [-0.2, -0.15) is 0 Å². The van der Waals surface area contributed by atoms with Gasteiger partial charge in [-0.25, -0.2) is 0 Å². The van der Waals surface area contributed by atoms with E-state index in [9.17, 15) is 0 Å². The molecule has 0 aromatic heterocycles. The van der Waals surface area contributed by atoms with Crippen LogP contribution >= 0.6 is 24.8 Å². The summed E-state index contributed by atoms with van der Waals surface area (Å²) in [7, 11) is 0. The summed E-state index contributed by atoms with van der Waals surface area (Å²) >= 11 is 0. The summed E-state index contributed by atoms with van der Waals surface area (Å²) in [4.78, 5) is 2.56. The first-order valence-corrected chi connectivity index (χ1v) is 6.39. The number of nitrogens with two attached hydrogens (primary N) is 1. The zero-order valence-corrected chi connectivity index (χ0v) is 12.4. The molecule has 2 nitrogen and oxygen atoms in total. The Morgan fingerprint density at radius 3 is 2.00 bits per heavy atom. The number of piperidine rings is 1. The lowest BCUT2D eigenvalue weighted by molar-refractivity contribution is 0.221. The smallest absolute Gasteiger partial charge is 0.0233 e. The molecule has 0 spiro atoms. The summed E-state index contributed by atoms with van der Waals surface area (Å²) in [5.41, 5.74) is 8.32. The van der Waals surface area contributed by atoms with Gasteiger partial charge in [0.05, 0.1) is 0 Å². The topological polar surface area (TPSA) is 29.3 Å². The number of benzene rings is 1. The third-order valence-electron chi connectivity index (χ3n) is 3.31. The molecule has 1 aromatic carbocycles. The van der Waals surface area contributed by atoms with Gasteiger partial charge < -0.3 is 5.73 Å². The molecule has 1 aromatic rings. The molecule has 1 aliphatic rings. The molecule has 0 atom stereocenters. The Balaban J connectivity index is 0.00000144. The highest BCUT2D eigenvalue weighted by Crippen LogP contribution is 2.13. The Bertz CT molecular complexity index is 308. The maximum atomic E-state index is 5.54. The first kappa shape index (κ1) is 17.7. The summed E-state index contributed by atoms with van der Waals surface area (Å²) in [6.07, 6.45) is 5.13. The molecule has 4 heteroatoms. The lowest BCUT2D eigenvalue weighted by Crippen LogP contribution is -2.29. The highest BCUT2D eigenvalue weighted by atomic mass is 35.5. The summed E-state index contributed by atoms with van der Waals surface area (Å²) in [6.45, 7) is 4.39. The van der Waals surface area contributed by atoms with E-state index in [4.69, 9.17) is 5.73 Å². The Hall–Kier alpha value is -0.280. The van der Waals surface area contributed by atoms with E-state index in [1.54, 1.807) is 0 Å². The van der Waals surface area contributed by atoms with E-state index in [-0.39, 0.29) is 24.8 Å². The predicted molar refractivity (Wildman–Crippen MR) is 82.8 cm³/mol. The first-order chi connectivity index (χ1) is 7.88. The van der Waals surface area contributed by atoms with Crippen molar-refractivity contribution in [1.29, 1.82) is 0 Å². The number of halogens is 2. The molecular formula is C14H24Cl2N2. The second-order valence-corrected chi connectivity index (χ2v) is 4.69. The van der Waals surface area contributed by atoms with Crippen LogP contribution in [0.2, 0.25) is 0 Å². The molecule has 18 heavy (non-hydrogen) atoms. The van der Waals surface area contributed by atoms with Gasteiger partial charge in [0.15, 0.2) is 0 Å². The average molecular weight is 291 g/mol. The van der Waals surface area contributed by atoms with Crippen molar-refractivity contribution in [2.75, 3.05) is 19.6 Å². The predicted octanol–water partition coefficient (Wildman–Crippen LogP) is 3.02. The van der Waals surface area contributed by atoms with E-state index in [1.165, 1.54) is 43.5 Å². The molecule has 0 amide bonds. The second kappa shape index (κ2) is 9.62. The Kier molecular flexibility index (Phi) is 9.47. The molecule has 0 unspecified atom stereocenters. The molecule has 1 heterocycles. The highest BCUT2D eigenvalue weighted by molar-refractivity contribution is 5.85. The van der Waals surface area contributed by atoms with Crippen LogP contribution in [0.25, 0.3) is 0 Å². The lowest BCUT2D eigenvalue weighted by atomic mass is 10.1. The highest BCUT2D eigenvalue weighted by Gasteiger charge is 2.09. The third-order valence-corrected chi connectivity index (χ3v) is 3.31. The quantitative estimate of drug-likeness (QED) is 0.924. The van der Waals surface area contributed by atoms with Crippen LogP contribution < -0.4 is 5.73 Å². The van der Waals surface area contributed by atoms with Crippen LogP contribution in [-0.4, -0.2) is 24.5 Å². The van der Waals surface area contributed by atoms with E-state index in [2.05, 4.69) is 29.2 Å². The van der Waals surface area contributed by atoms with Gasteiger partial charge in [-0.3, -0.25) is 4.90 Å². The van der Waals surface area contributed by atoms with E-state index >= 15 is 0 Å². The molecule has 0 bridgehead atoms. The maximum absolute atomic E-state index is 5.54. The number of hydrogen-bond acceptors (Lipinski definition) is 2. The largest absolute Gasteiger partial charge is 0.330 e. The van der Waals surface area contributed by atoms with Crippen LogP contribution in [0.3, 0.4) is 0 Å². The van der Waals surface area contributed by atoms with Crippen molar-refractivity contribution >= 4 is 24.8 Å². The van der Waals surface area contributed by atoms with Gasteiger partial charge in [0.1, 0.15) is 0 Å². The minimum absolute atomic E-state index is 0. The minimum atomic E-state index is 0. The Morgan fingerprint density at radius 2 is 1.44 bits per heavy atom. The Morgan fingerprint density at radius 1 is 0.889 bits per heavy atom. The van der Waals surface area contributed by atoms with E-state index in [1.807, 2.05) is 0 Å². The molecule has 1 saturated heterocycles. The summed E-state index contributed by atoms with van der Waals surface area (Å²) in [5, 5.41) is 0. The van der Waals surface area contributed by atoms with Crippen LogP contribution in [-0.2, 0) is 13.0 Å². The van der Waals surface area contributed by atoms with Crippen molar-refractivity contribution in [2.24, 2.45) is 5.73 Å². The SMILES string of the molecule is Cl.Cl.NCCc1ccc(CN2CCCCC2)cc1. The van der Waals surface area contributed by atoms with Gasteiger partial charge in [-0.1, -0.05) is 30.7 Å². The summed E-state index contributed by atoms with van der Waals surface area (Å²) in [5.74, 6) is 0. The zero-order valence-electron chi connectivity index (χ0n) is 10.8. The van der Waals surface area contributed by atoms with Crippen LogP contribution in [0.15, 0.2) is 24.3 Å². The van der Waals surface area contributed by atoms with Crippen LogP contribution in [0.4, 0.5) is 0 Å². The van der Waals surface area contributed by atoms with Crippen molar-refractivity contribution in [3.8, 4) is 0 Å². The molecule has 0 saturated carbocycles. The fourth-order valence-corrected chi connectivity index (χ4v) is 2.35. The minimum Gasteiger partial charge on any atom is -0.330 e. The molecule has 1 aliphatic heterocycles. The Labute approximate surface area is 123 Å².